The van der Waals surface area contributed by atoms with Gasteiger partial charge in [-0.1, -0.05) is 6.92 Å². The predicted octanol–water partition coefficient (Wildman–Crippen LogP) is 1.54. The number of hydrogen-bond acceptors (Lipinski definition) is 2. The van der Waals surface area contributed by atoms with Gasteiger partial charge in [-0.05, 0) is 45.1 Å². The molecule has 1 fully saturated rings. The normalized spacial score (nSPS) is 36.8. The zero-order valence-corrected chi connectivity index (χ0v) is 8.27. The molecule has 0 spiro atoms. The molecule has 2 heteroatoms. The molecule has 1 aliphatic carbocycles. The van der Waals surface area contributed by atoms with Crippen molar-refractivity contribution in [2.45, 2.75) is 44.6 Å². The Labute approximate surface area is 75.4 Å². The average molecular weight is 171 g/mol. The Morgan fingerprint density at radius 1 is 1.42 bits per heavy atom. The van der Waals surface area contributed by atoms with Gasteiger partial charge in [-0.2, -0.15) is 0 Å². The van der Waals surface area contributed by atoms with Crippen molar-refractivity contribution in [3.8, 4) is 0 Å². The smallest absolute Gasteiger partial charge is 0.0448 e. The molecule has 2 N–H and O–H groups in total. The number of rotatable bonds is 3. The van der Waals surface area contributed by atoms with E-state index in [0.717, 1.165) is 12.3 Å². The Morgan fingerprint density at radius 3 is 2.42 bits per heavy atom. The van der Waals surface area contributed by atoms with Gasteiger partial charge in [-0.3, -0.25) is 0 Å². The highest BCUT2D eigenvalue weighted by Gasteiger charge is 2.31. The van der Waals surface area contributed by atoms with Crippen LogP contribution in [0.4, 0.5) is 0 Å². The summed E-state index contributed by atoms with van der Waals surface area (Å²) in [6.07, 6.45) is 5.98. The summed E-state index contributed by atoms with van der Waals surface area (Å²) in [5, 5.41) is 12.3. The van der Waals surface area contributed by atoms with E-state index in [2.05, 4.69) is 12.2 Å². The molecule has 0 unspecified atom stereocenters. The summed E-state index contributed by atoms with van der Waals surface area (Å²) in [5.41, 5.74) is 0.251. The lowest BCUT2D eigenvalue weighted by Crippen LogP contribution is -2.46. The molecule has 12 heavy (non-hydrogen) atoms. The minimum atomic E-state index is 0.251. The first-order valence-electron chi connectivity index (χ1n) is 5.02. The van der Waals surface area contributed by atoms with Crippen LogP contribution < -0.4 is 5.32 Å². The monoisotopic (exact) mass is 171 g/mol. The maximum Gasteiger partial charge on any atom is 0.0448 e. The van der Waals surface area contributed by atoms with E-state index in [0.29, 0.717) is 6.61 Å². The second kappa shape index (κ2) is 4.24. The van der Waals surface area contributed by atoms with Crippen molar-refractivity contribution in [1.82, 2.24) is 5.32 Å². The van der Waals surface area contributed by atoms with Gasteiger partial charge < -0.3 is 10.4 Å². The van der Waals surface area contributed by atoms with Crippen LogP contribution in [-0.2, 0) is 0 Å². The van der Waals surface area contributed by atoms with Gasteiger partial charge >= 0.3 is 0 Å². The third-order valence-electron chi connectivity index (χ3n) is 3.35. The van der Waals surface area contributed by atoms with Crippen molar-refractivity contribution in [3.63, 3.8) is 0 Å². The highest BCUT2D eigenvalue weighted by molar-refractivity contribution is 4.90. The van der Waals surface area contributed by atoms with Crippen LogP contribution in [0.2, 0.25) is 0 Å². The lowest BCUT2D eigenvalue weighted by atomic mass is 9.75. The van der Waals surface area contributed by atoms with Gasteiger partial charge in [0.25, 0.3) is 0 Å². The Bertz CT molecular complexity index is 128. The molecular weight excluding hydrogens is 150 g/mol. The number of aliphatic hydroxyl groups is 1. The average Bonchev–Trinajstić information content (AvgIpc) is 2.10. The summed E-state index contributed by atoms with van der Waals surface area (Å²) in [6.45, 7) is 2.63. The summed E-state index contributed by atoms with van der Waals surface area (Å²) in [4.78, 5) is 0. The third-order valence-corrected chi connectivity index (χ3v) is 3.35. The summed E-state index contributed by atoms with van der Waals surface area (Å²) in [6, 6.07) is 0. The minimum absolute atomic E-state index is 0.251. The molecule has 0 heterocycles. The predicted molar refractivity (Wildman–Crippen MR) is 51.1 cm³/mol. The fourth-order valence-electron chi connectivity index (χ4n) is 2.15. The van der Waals surface area contributed by atoms with Crippen LogP contribution in [0.15, 0.2) is 0 Å². The van der Waals surface area contributed by atoms with Crippen LogP contribution in [0, 0.1) is 5.92 Å². The van der Waals surface area contributed by atoms with Crippen molar-refractivity contribution in [2.75, 3.05) is 13.7 Å². The largest absolute Gasteiger partial charge is 0.396 e. The second-order valence-corrected chi connectivity index (χ2v) is 4.19. The van der Waals surface area contributed by atoms with E-state index in [-0.39, 0.29) is 5.54 Å². The van der Waals surface area contributed by atoms with Gasteiger partial charge in [0.2, 0.25) is 0 Å². The van der Waals surface area contributed by atoms with E-state index < -0.39 is 0 Å². The van der Waals surface area contributed by atoms with Crippen LogP contribution in [0.25, 0.3) is 0 Å². The van der Waals surface area contributed by atoms with Gasteiger partial charge in [-0.15, -0.1) is 0 Å². The molecule has 0 aromatic rings. The lowest BCUT2D eigenvalue weighted by molar-refractivity contribution is 0.154. The van der Waals surface area contributed by atoms with Gasteiger partial charge in [0.1, 0.15) is 0 Å². The van der Waals surface area contributed by atoms with Crippen LogP contribution in [-0.4, -0.2) is 24.3 Å². The van der Waals surface area contributed by atoms with Crippen LogP contribution in [0.5, 0.6) is 0 Å². The Morgan fingerprint density at radius 2 is 2.00 bits per heavy atom. The van der Waals surface area contributed by atoms with Gasteiger partial charge in [-0.25, -0.2) is 0 Å². The van der Waals surface area contributed by atoms with Crippen LogP contribution >= 0.6 is 0 Å². The molecule has 1 rings (SSSR count). The van der Waals surface area contributed by atoms with Gasteiger partial charge in [0.05, 0.1) is 0 Å². The fourth-order valence-corrected chi connectivity index (χ4v) is 2.15. The summed E-state index contributed by atoms with van der Waals surface area (Å²) >= 11 is 0. The Hall–Kier alpha value is -0.0800. The topological polar surface area (TPSA) is 32.3 Å². The molecule has 0 aliphatic heterocycles. The SMILES string of the molecule is CNC1(CCO)CCC(C)CC1. The van der Waals surface area contributed by atoms with Crippen molar-refractivity contribution >= 4 is 0 Å². The number of nitrogens with one attached hydrogen (secondary N) is 1. The number of aliphatic hydroxyl groups excluding tert-OH is 1. The van der Waals surface area contributed by atoms with E-state index in [1.165, 1.54) is 25.7 Å². The first-order valence-corrected chi connectivity index (χ1v) is 5.02. The van der Waals surface area contributed by atoms with Crippen LogP contribution in [0.1, 0.15) is 39.0 Å². The lowest BCUT2D eigenvalue weighted by Gasteiger charge is -2.39. The van der Waals surface area contributed by atoms with E-state index in [4.69, 9.17) is 5.11 Å². The molecule has 0 aromatic heterocycles. The van der Waals surface area contributed by atoms with Crippen molar-refractivity contribution in [1.29, 1.82) is 0 Å². The zero-order valence-electron chi connectivity index (χ0n) is 8.27. The van der Waals surface area contributed by atoms with Crippen LogP contribution in [0.3, 0.4) is 0 Å². The molecule has 72 valence electrons. The first kappa shape index (κ1) is 10.0. The maximum atomic E-state index is 8.94. The van der Waals surface area contributed by atoms with Gasteiger partial charge in [0.15, 0.2) is 0 Å². The Kier molecular flexibility index (Phi) is 3.53. The van der Waals surface area contributed by atoms with Crippen molar-refractivity contribution in [3.05, 3.63) is 0 Å². The Balaban J connectivity index is 2.45. The highest BCUT2D eigenvalue weighted by atomic mass is 16.3. The summed E-state index contributed by atoms with van der Waals surface area (Å²) in [7, 11) is 2.02. The molecule has 1 aliphatic rings. The van der Waals surface area contributed by atoms with E-state index in [9.17, 15) is 0 Å². The van der Waals surface area contributed by atoms with E-state index >= 15 is 0 Å². The van der Waals surface area contributed by atoms with E-state index in [1.54, 1.807) is 0 Å². The highest BCUT2D eigenvalue weighted by Crippen LogP contribution is 2.33. The molecule has 0 aromatic carbocycles. The zero-order chi connectivity index (χ0) is 9.03. The number of hydrogen-bond donors (Lipinski definition) is 2. The van der Waals surface area contributed by atoms with Crippen molar-refractivity contribution in [2.24, 2.45) is 5.92 Å². The second-order valence-electron chi connectivity index (χ2n) is 4.19. The molecule has 2 nitrogen and oxygen atoms in total. The minimum Gasteiger partial charge on any atom is -0.396 e. The first-order chi connectivity index (χ1) is 5.72. The van der Waals surface area contributed by atoms with E-state index in [1.807, 2.05) is 7.05 Å². The van der Waals surface area contributed by atoms with Gasteiger partial charge in [0, 0.05) is 12.1 Å². The molecular formula is C10H21NO. The molecule has 0 atom stereocenters. The third kappa shape index (κ3) is 2.20. The summed E-state index contributed by atoms with van der Waals surface area (Å²) in [5.74, 6) is 0.880. The quantitative estimate of drug-likeness (QED) is 0.675. The molecule has 0 amide bonds. The standard InChI is InChI=1S/C10H21NO/c1-9-3-5-10(11-2,6-4-9)7-8-12/h9,11-12H,3-8H2,1-2H3. The molecule has 0 bridgehead atoms. The molecule has 0 radical (unpaired) electrons. The van der Waals surface area contributed by atoms with Crippen molar-refractivity contribution < 1.29 is 5.11 Å². The molecule has 0 saturated heterocycles. The fraction of sp³-hybridized carbons (Fsp3) is 1.00. The summed E-state index contributed by atoms with van der Waals surface area (Å²) < 4.78 is 0. The maximum absolute atomic E-state index is 8.94. The molecule has 1 saturated carbocycles.